The van der Waals surface area contributed by atoms with E-state index in [2.05, 4.69) is 52.0 Å². The summed E-state index contributed by atoms with van der Waals surface area (Å²) in [7, 11) is 0. The number of benzene rings is 1. The average molecular weight is 206 g/mol. The quantitative estimate of drug-likeness (QED) is 0.578. The predicted octanol–water partition coefficient (Wildman–Crippen LogP) is 5.39. The van der Waals surface area contributed by atoms with Crippen LogP contribution in [0.1, 0.15) is 51.8 Å². The van der Waals surface area contributed by atoms with E-state index in [0.29, 0.717) is 0 Å². The van der Waals surface area contributed by atoms with Gasteiger partial charge < -0.3 is 0 Å². The molecule has 1 aromatic rings. The molecule has 0 aliphatic carbocycles. The van der Waals surface area contributed by atoms with Crippen LogP contribution in [-0.4, -0.2) is 0 Å². The molecule has 15 heavy (non-hydrogen) atoms. The number of hydrogen-bond acceptors (Lipinski definition) is 0. The Kier molecular flexibility index (Phi) is 9.05. The third kappa shape index (κ3) is 4.83. The topological polar surface area (TPSA) is 0 Å². The van der Waals surface area contributed by atoms with Crippen molar-refractivity contribution >= 4 is 5.57 Å². The Morgan fingerprint density at radius 1 is 1.13 bits per heavy atom. The van der Waals surface area contributed by atoms with E-state index in [-0.39, 0.29) is 7.43 Å². The predicted molar refractivity (Wildman–Crippen MR) is 73.3 cm³/mol. The molecule has 0 saturated heterocycles. The van der Waals surface area contributed by atoms with Crippen LogP contribution < -0.4 is 0 Å². The van der Waals surface area contributed by atoms with Gasteiger partial charge in [-0.1, -0.05) is 51.1 Å². The van der Waals surface area contributed by atoms with Gasteiger partial charge in [0.05, 0.1) is 0 Å². The third-order valence-corrected chi connectivity index (χ3v) is 2.24. The second-order valence-electron chi connectivity index (χ2n) is 3.29. The highest BCUT2D eigenvalue weighted by Gasteiger charge is 1.98. The van der Waals surface area contributed by atoms with E-state index in [0.717, 1.165) is 0 Å². The molecule has 1 aromatic carbocycles. The molecule has 0 fully saturated rings. The summed E-state index contributed by atoms with van der Waals surface area (Å²) in [5.41, 5.74) is 5.42. The van der Waals surface area contributed by atoms with Crippen LogP contribution in [0.4, 0.5) is 0 Å². The van der Waals surface area contributed by atoms with Crippen LogP contribution in [0.5, 0.6) is 0 Å². The van der Waals surface area contributed by atoms with Gasteiger partial charge >= 0.3 is 0 Å². The fourth-order valence-corrected chi connectivity index (χ4v) is 1.41. The van der Waals surface area contributed by atoms with Crippen molar-refractivity contribution in [3.8, 4) is 0 Å². The lowest BCUT2D eigenvalue weighted by molar-refractivity contribution is 1.34. The standard InChI is InChI=1S/C12H16.C2H6.CH4/c1-5-10(3)12-7-6-9(2)8-11(12)4;1-2;/h5-8H,1-4H3;1-2H3;1H4/b10-5-;;. The summed E-state index contributed by atoms with van der Waals surface area (Å²) in [6.07, 6.45) is 2.15. The van der Waals surface area contributed by atoms with Gasteiger partial charge in [-0.2, -0.15) is 0 Å². The molecule has 86 valence electrons. The molecule has 0 atom stereocenters. The Balaban J connectivity index is 0. The van der Waals surface area contributed by atoms with Gasteiger partial charge in [0.15, 0.2) is 0 Å². The first-order valence-electron chi connectivity index (χ1n) is 5.35. The maximum absolute atomic E-state index is 2.22. The van der Waals surface area contributed by atoms with Crippen LogP contribution in [0.2, 0.25) is 0 Å². The van der Waals surface area contributed by atoms with Gasteiger partial charge in [-0.05, 0) is 44.4 Å². The lowest BCUT2D eigenvalue weighted by Crippen LogP contribution is -1.86. The maximum atomic E-state index is 2.22. The second-order valence-corrected chi connectivity index (χ2v) is 3.29. The van der Waals surface area contributed by atoms with E-state index in [1.54, 1.807) is 0 Å². The minimum absolute atomic E-state index is 0. The van der Waals surface area contributed by atoms with Crippen molar-refractivity contribution in [1.82, 2.24) is 0 Å². The van der Waals surface area contributed by atoms with Crippen molar-refractivity contribution in [2.75, 3.05) is 0 Å². The van der Waals surface area contributed by atoms with E-state index in [1.165, 1.54) is 22.3 Å². The van der Waals surface area contributed by atoms with Gasteiger partial charge in [-0.15, -0.1) is 0 Å². The van der Waals surface area contributed by atoms with Crippen LogP contribution in [-0.2, 0) is 0 Å². The molecule has 0 N–H and O–H groups in total. The highest BCUT2D eigenvalue weighted by atomic mass is 14.0. The monoisotopic (exact) mass is 206 g/mol. The highest BCUT2D eigenvalue weighted by Crippen LogP contribution is 2.18. The van der Waals surface area contributed by atoms with Crippen molar-refractivity contribution in [2.45, 2.75) is 49.0 Å². The summed E-state index contributed by atoms with van der Waals surface area (Å²) in [6.45, 7) is 12.5. The maximum Gasteiger partial charge on any atom is -0.0201 e. The molecule has 0 aromatic heterocycles. The molecule has 0 bridgehead atoms. The Hall–Kier alpha value is -1.04. The highest BCUT2D eigenvalue weighted by molar-refractivity contribution is 5.66. The van der Waals surface area contributed by atoms with Crippen molar-refractivity contribution in [2.24, 2.45) is 0 Å². The molecule has 0 unspecified atom stereocenters. The largest absolute Gasteiger partial charge is 0.0841 e. The normalized spacial score (nSPS) is 9.87. The van der Waals surface area contributed by atoms with Crippen molar-refractivity contribution in [3.05, 3.63) is 41.0 Å². The van der Waals surface area contributed by atoms with E-state index in [9.17, 15) is 0 Å². The fourth-order valence-electron chi connectivity index (χ4n) is 1.41. The first-order chi connectivity index (χ1) is 6.65. The van der Waals surface area contributed by atoms with Gasteiger partial charge in [0.25, 0.3) is 0 Å². The molecular weight excluding hydrogens is 180 g/mol. The summed E-state index contributed by atoms with van der Waals surface area (Å²) < 4.78 is 0. The van der Waals surface area contributed by atoms with E-state index >= 15 is 0 Å². The number of aryl methyl sites for hydroxylation is 2. The Morgan fingerprint density at radius 2 is 1.67 bits per heavy atom. The van der Waals surface area contributed by atoms with Gasteiger partial charge in [-0.25, -0.2) is 0 Å². The SMILES string of the molecule is C.C/C=C(/C)c1ccc(C)cc1C.CC. The molecule has 1 rings (SSSR count). The fraction of sp³-hybridized carbons (Fsp3) is 0.467. The first-order valence-corrected chi connectivity index (χ1v) is 5.35. The Bertz CT molecular complexity index is 306. The van der Waals surface area contributed by atoms with Crippen molar-refractivity contribution in [3.63, 3.8) is 0 Å². The molecule has 0 aliphatic rings. The minimum Gasteiger partial charge on any atom is -0.0841 e. The zero-order chi connectivity index (χ0) is 11.1. The van der Waals surface area contributed by atoms with Gasteiger partial charge in [0.2, 0.25) is 0 Å². The van der Waals surface area contributed by atoms with Crippen LogP contribution in [0.15, 0.2) is 24.3 Å². The zero-order valence-electron chi connectivity index (χ0n) is 10.3. The number of allylic oxidation sites excluding steroid dienone is 2. The van der Waals surface area contributed by atoms with E-state index < -0.39 is 0 Å². The molecule has 0 saturated carbocycles. The summed E-state index contributed by atoms with van der Waals surface area (Å²) in [5.74, 6) is 0. The van der Waals surface area contributed by atoms with Crippen LogP contribution in [0.25, 0.3) is 5.57 Å². The zero-order valence-corrected chi connectivity index (χ0v) is 10.3. The Labute approximate surface area is 96.0 Å². The summed E-state index contributed by atoms with van der Waals surface area (Å²) in [6, 6.07) is 6.58. The molecule has 0 nitrogen and oxygen atoms in total. The van der Waals surface area contributed by atoms with Crippen LogP contribution >= 0.6 is 0 Å². The molecule has 0 heterocycles. The lowest BCUT2D eigenvalue weighted by Gasteiger charge is -2.06. The van der Waals surface area contributed by atoms with Gasteiger partial charge in [0.1, 0.15) is 0 Å². The van der Waals surface area contributed by atoms with E-state index in [4.69, 9.17) is 0 Å². The molecule has 0 radical (unpaired) electrons. The lowest BCUT2D eigenvalue weighted by atomic mass is 10.00. The molecule has 0 heteroatoms. The molecule has 0 amide bonds. The molecule has 0 spiro atoms. The van der Waals surface area contributed by atoms with E-state index in [1.807, 2.05) is 13.8 Å². The summed E-state index contributed by atoms with van der Waals surface area (Å²) >= 11 is 0. The summed E-state index contributed by atoms with van der Waals surface area (Å²) in [5, 5.41) is 0. The average Bonchev–Trinajstić information content (AvgIpc) is 2.20. The second kappa shape index (κ2) is 8.28. The van der Waals surface area contributed by atoms with Crippen LogP contribution in [0.3, 0.4) is 0 Å². The van der Waals surface area contributed by atoms with Gasteiger partial charge in [0, 0.05) is 0 Å². The van der Waals surface area contributed by atoms with Gasteiger partial charge in [-0.3, -0.25) is 0 Å². The van der Waals surface area contributed by atoms with Crippen molar-refractivity contribution < 1.29 is 0 Å². The Morgan fingerprint density at radius 3 is 2.07 bits per heavy atom. The first kappa shape index (κ1) is 16.4. The number of rotatable bonds is 1. The third-order valence-electron chi connectivity index (χ3n) is 2.24. The minimum atomic E-state index is 0. The number of hydrogen-bond donors (Lipinski definition) is 0. The van der Waals surface area contributed by atoms with Crippen LogP contribution in [0, 0.1) is 13.8 Å². The van der Waals surface area contributed by atoms with Crippen molar-refractivity contribution in [1.29, 1.82) is 0 Å². The smallest absolute Gasteiger partial charge is 0.0201 e. The molecular formula is C15H26. The molecule has 0 aliphatic heterocycles. The summed E-state index contributed by atoms with van der Waals surface area (Å²) in [4.78, 5) is 0.